The van der Waals surface area contributed by atoms with Gasteiger partial charge in [-0.15, -0.1) is 0 Å². The molecule has 0 aliphatic heterocycles. The van der Waals surface area contributed by atoms with Crippen molar-refractivity contribution in [1.82, 2.24) is 0 Å². The molecule has 0 aliphatic carbocycles. The Bertz CT molecular complexity index is 1090. The van der Waals surface area contributed by atoms with Gasteiger partial charge in [0.2, 0.25) is 0 Å². The zero-order chi connectivity index (χ0) is 43.0. The van der Waals surface area contributed by atoms with Crippen LogP contribution in [0.3, 0.4) is 0 Å². The van der Waals surface area contributed by atoms with Gasteiger partial charge in [0, 0.05) is 19.3 Å². The van der Waals surface area contributed by atoms with Gasteiger partial charge in [-0.2, -0.15) is 0 Å². The Hall–Kier alpha value is -2.89. The van der Waals surface area contributed by atoms with Crippen LogP contribution in [0, 0.1) is 0 Å². The lowest BCUT2D eigenvalue weighted by atomic mass is 10.0. The Kier molecular flexibility index (Phi) is 45.4. The Morgan fingerprint density at radius 2 is 0.661 bits per heavy atom. The van der Waals surface area contributed by atoms with E-state index in [2.05, 4.69) is 81.5 Å². The van der Waals surface area contributed by atoms with Crippen LogP contribution in [-0.4, -0.2) is 37.2 Å². The molecule has 0 saturated heterocycles. The molecule has 1 unspecified atom stereocenters. The molecule has 0 aliphatic rings. The molecule has 0 bridgehead atoms. The summed E-state index contributed by atoms with van der Waals surface area (Å²) in [6.45, 7) is 6.47. The van der Waals surface area contributed by atoms with E-state index in [0.29, 0.717) is 19.3 Å². The SMILES string of the molecule is CC/C=C\C/C=C\C/C=C\C/C=C\CCCCCC(=O)OCC(COC(=O)CCCCCCCCCCCCCC)OC(=O)CCCCC/C=C\CCCCCCCC. The second-order valence-electron chi connectivity index (χ2n) is 16.3. The summed E-state index contributed by atoms with van der Waals surface area (Å²) in [4.78, 5) is 37.9. The first-order valence-corrected chi connectivity index (χ1v) is 24.8. The molecule has 0 heterocycles. The molecule has 6 nitrogen and oxygen atoms in total. The van der Waals surface area contributed by atoms with E-state index in [1.807, 2.05) is 0 Å². The second-order valence-corrected chi connectivity index (χ2v) is 16.3. The minimum atomic E-state index is -0.791. The monoisotopic (exact) mass is 825 g/mol. The number of unbranched alkanes of at least 4 members (excludes halogenated alkanes) is 23. The Balaban J connectivity index is 4.44. The molecular formula is C53H92O6. The summed E-state index contributed by atoms with van der Waals surface area (Å²) in [6.07, 6.45) is 57.7. The highest BCUT2D eigenvalue weighted by atomic mass is 16.6. The summed E-state index contributed by atoms with van der Waals surface area (Å²) in [7, 11) is 0. The van der Waals surface area contributed by atoms with E-state index in [1.165, 1.54) is 96.3 Å². The van der Waals surface area contributed by atoms with Crippen molar-refractivity contribution in [2.45, 2.75) is 245 Å². The summed E-state index contributed by atoms with van der Waals surface area (Å²) in [5, 5.41) is 0. The first kappa shape index (κ1) is 56.1. The smallest absolute Gasteiger partial charge is 0.306 e. The predicted molar refractivity (Wildman–Crippen MR) is 251 cm³/mol. The Morgan fingerprint density at radius 1 is 0.356 bits per heavy atom. The number of rotatable bonds is 44. The lowest BCUT2D eigenvalue weighted by Gasteiger charge is -2.18. The zero-order valence-electron chi connectivity index (χ0n) is 38.8. The van der Waals surface area contributed by atoms with Crippen molar-refractivity contribution in [3.8, 4) is 0 Å². The quantitative estimate of drug-likeness (QED) is 0.0263. The standard InChI is InChI=1S/C53H92O6/c1-4-7-10-13-16-19-22-25-26-27-29-31-34-37-40-43-46-52(55)58-49-50(48-57-51(54)45-42-39-36-33-30-24-21-18-15-12-9-6-3)59-53(56)47-44-41-38-35-32-28-23-20-17-14-11-8-5-2/h7,10,16,19,25-26,28-29,31-32,50H,4-6,8-9,11-15,17-18,20-24,27,30,33-49H2,1-3H3/b10-7-,19-16-,26-25-,31-29-,32-28-. The van der Waals surface area contributed by atoms with Crippen molar-refractivity contribution in [2.75, 3.05) is 13.2 Å². The maximum Gasteiger partial charge on any atom is 0.306 e. The second kappa shape index (κ2) is 47.8. The van der Waals surface area contributed by atoms with E-state index in [4.69, 9.17) is 14.2 Å². The molecule has 0 rings (SSSR count). The van der Waals surface area contributed by atoms with Crippen LogP contribution in [0.2, 0.25) is 0 Å². The fourth-order valence-corrected chi connectivity index (χ4v) is 6.78. The number of esters is 3. The molecule has 0 spiro atoms. The molecule has 340 valence electrons. The number of allylic oxidation sites excluding steroid dienone is 10. The maximum absolute atomic E-state index is 12.7. The van der Waals surface area contributed by atoms with Gasteiger partial charge >= 0.3 is 17.9 Å². The van der Waals surface area contributed by atoms with Crippen LogP contribution in [0.1, 0.15) is 239 Å². The van der Waals surface area contributed by atoms with Gasteiger partial charge in [0.1, 0.15) is 13.2 Å². The normalized spacial score (nSPS) is 12.5. The highest BCUT2D eigenvalue weighted by Crippen LogP contribution is 2.14. The number of ether oxygens (including phenoxy) is 3. The van der Waals surface area contributed by atoms with Gasteiger partial charge in [0.05, 0.1) is 0 Å². The predicted octanol–water partition coefficient (Wildman–Crippen LogP) is 16.1. The van der Waals surface area contributed by atoms with Crippen molar-refractivity contribution < 1.29 is 28.6 Å². The summed E-state index contributed by atoms with van der Waals surface area (Å²) >= 11 is 0. The Labute approximate surface area is 364 Å². The fraction of sp³-hybridized carbons (Fsp3) is 0.755. The molecule has 0 aromatic heterocycles. The molecule has 0 aromatic rings. The molecule has 59 heavy (non-hydrogen) atoms. The van der Waals surface area contributed by atoms with Crippen LogP contribution < -0.4 is 0 Å². The molecule has 0 N–H and O–H groups in total. The maximum atomic E-state index is 12.7. The molecule has 0 aromatic carbocycles. The third kappa shape index (κ3) is 46.0. The largest absolute Gasteiger partial charge is 0.462 e. The van der Waals surface area contributed by atoms with Crippen LogP contribution in [0.4, 0.5) is 0 Å². The highest BCUT2D eigenvalue weighted by Gasteiger charge is 2.19. The van der Waals surface area contributed by atoms with Gasteiger partial charge < -0.3 is 14.2 Å². The van der Waals surface area contributed by atoms with Gasteiger partial charge in [-0.05, 0) is 83.5 Å². The van der Waals surface area contributed by atoms with Crippen LogP contribution >= 0.6 is 0 Å². The number of carbonyl (C=O) groups excluding carboxylic acids is 3. The lowest BCUT2D eigenvalue weighted by molar-refractivity contribution is -0.167. The molecule has 0 amide bonds. The molecule has 6 heteroatoms. The molecular weight excluding hydrogens is 733 g/mol. The van der Waals surface area contributed by atoms with Crippen molar-refractivity contribution in [3.63, 3.8) is 0 Å². The van der Waals surface area contributed by atoms with Gasteiger partial charge in [0.15, 0.2) is 6.10 Å². The van der Waals surface area contributed by atoms with Crippen molar-refractivity contribution in [2.24, 2.45) is 0 Å². The van der Waals surface area contributed by atoms with E-state index in [1.54, 1.807) is 0 Å². The number of hydrogen-bond donors (Lipinski definition) is 0. The molecule has 1 atom stereocenters. The highest BCUT2D eigenvalue weighted by molar-refractivity contribution is 5.71. The van der Waals surface area contributed by atoms with Crippen LogP contribution in [0.5, 0.6) is 0 Å². The van der Waals surface area contributed by atoms with Crippen molar-refractivity contribution >= 4 is 17.9 Å². The van der Waals surface area contributed by atoms with Crippen LogP contribution in [-0.2, 0) is 28.6 Å². The van der Waals surface area contributed by atoms with E-state index in [0.717, 1.165) is 103 Å². The average Bonchev–Trinajstić information content (AvgIpc) is 3.23. The molecule has 0 fully saturated rings. The first-order chi connectivity index (χ1) is 29.0. The van der Waals surface area contributed by atoms with Crippen molar-refractivity contribution in [3.05, 3.63) is 60.8 Å². The van der Waals surface area contributed by atoms with E-state index >= 15 is 0 Å². The lowest BCUT2D eigenvalue weighted by Crippen LogP contribution is -2.30. The van der Waals surface area contributed by atoms with Crippen LogP contribution in [0.25, 0.3) is 0 Å². The zero-order valence-corrected chi connectivity index (χ0v) is 38.8. The van der Waals surface area contributed by atoms with Gasteiger partial charge in [0.25, 0.3) is 0 Å². The van der Waals surface area contributed by atoms with Crippen LogP contribution in [0.15, 0.2) is 60.8 Å². The molecule has 0 radical (unpaired) electrons. The van der Waals surface area contributed by atoms with E-state index in [-0.39, 0.29) is 31.1 Å². The van der Waals surface area contributed by atoms with Gasteiger partial charge in [-0.25, -0.2) is 0 Å². The van der Waals surface area contributed by atoms with E-state index < -0.39 is 6.10 Å². The first-order valence-electron chi connectivity index (χ1n) is 24.8. The fourth-order valence-electron chi connectivity index (χ4n) is 6.78. The molecule has 0 saturated carbocycles. The number of hydrogen-bond acceptors (Lipinski definition) is 6. The summed E-state index contributed by atoms with van der Waals surface area (Å²) in [5.74, 6) is -0.936. The summed E-state index contributed by atoms with van der Waals surface area (Å²) in [5.41, 5.74) is 0. The van der Waals surface area contributed by atoms with Crippen molar-refractivity contribution in [1.29, 1.82) is 0 Å². The summed E-state index contributed by atoms with van der Waals surface area (Å²) < 4.78 is 16.7. The third-order valence-electron chi connectivity index (χ3n) is 10.5. The van der Waals surface area contributed by atoms with Gasteiger partial charge in [-0.1, -0.05) is 197 Å². The third-order valence-corrected chi connectivity index (χ3v) is 10.5. The summed E-state index contributed by atoms with van der Waals surface area (Å²) in [6, 6.07) is 0. The van der Waals surface area contributed by atoms with E-state index in [9.17, 15) is 14.4 Å². The van der Waals surface area contributed by atoms with Gasteiger partial charge in [-0.3, -0.25) is 14.4 Å². The Morgan fingerprint density at radius 3 is 1.07 bits per heavy atom. The topological polar surface area (TPSA) is 78.9 Å². The minimum absolute atomic E-state index is 0.0889. The minimum Gasteiger partial charge on any atom is -0.462 e. The average molecular weight is 825 g/mol. The number of carbonyl (C=O) groups is 3.